The van der Waals surface area contributed by atoms with Crippen molar-refractivity contribution in [3.05, 3.63) is 71.3 Å². The Hall–Kier alpha value is -3.80. The second-order valence-corrected chi connectivity index (χ2v) is 9.40. The number of nitrogens with zero attached hydrogens (tertiary/aromatic N) is 1. The Balaban J connectivity index is 0.00000253. The molecule has 0 bridgehead atoms. The van der Waals surface area contributed by atoms with Gasteiger partial charge in [0.05, 0.1) is 5.41 Å². The Morgan fingerprint density at radius 2 is 1.82 bits per heavy atom. The SMILES string of the molecule is CC(=O)N1CCc2cc(-c3cc(NC(=O)C4(c5ccc6c(c5)OCO6)CC4)ccc3C)ccc21.[HH]. The van der Waals surface area contributed by atoms with Crippen LogP contribution in [0.3, 0.4) is 0 Å². The minimum Gasteiger partial charge on any atom is -0.454 e. The molecule has 2 heterocycles. The molecule has 3 aromatic carbocycles. The summed E-state index contributed by atoms with van der Waals surface area (Å²) >= 11 is 0. The van der Waals surface area contributed by atoms with Crippen molar-refractivity contribution in [2.24, 2.45) is 0 Å². The van der Waals surface area contributed by atoms with Crippen LogP contribution >= 0.6 is 0 Å². The Morgan fingerprint density at radius 1 is 1.00 bits per heavy atom. The van der Waals surface area contributed by atoms with Gasteiger partial charge in [-0.05, 0) is 90.4 Å². The van der Waals surface area contributed by atoms with Crippen molar-refractivity contribution >= 4 is 23.2 Å². The summed E-state index contributed by atoms with van der Waals surface area (Å²) in [5, 5.41) is 3.16. The molecule has 0 unspecified atom stereocenters. The smallest absolute Gasteiger partial charge is 0.235 e. The summed E-state index contributed by atoms with van der Waals surface area (Å²) in [6.45, 7) is 4.63. The molecule has 3 aliphatic rings. The molecule has 1 saturated carbocycles. The van der Waals surface area contributed by atoms with E-state index in [2.05, 4.69) is 24.4 Å². The molecule has 0 saturated heterocycles. The molecule has 0 spiro atoms. The lowest BCUT2D eigenvalue weighted by Crippen LogP contribution is -2.27. The first-order valence-electron chi connectivity index (χ1n) is 11.7. The van der Waals surface area contributed by atoms with Gasteiger partial charge in [-0.15, -0.1) is 0 Å². The van der Waals surface area contributed by atoms with E-state index >= 15 is 0 Å². The highest BCUT2D eigenvalue weighted by Crippen LogP contribution is 2.51. The monoisotopic (exact) mass is 456 g/mol. The van der Waals surface area contributed by atoms with Crippen molar-refractivity contribution in [1.29, 1.82) is 0 Å². The highest BCUT2D eigenvalue weighted by atomic mass is 16.7. The first-order chi connectivity index (χ1) is 16.4. The minimum absolute atomic E-state index is 0. The van der Waals surface area contributed by atoms with Crippen LogP contribution in [-0.4, -0.2) is 25.2 Å². The van der Waals surface area contributed by atoms with Crippen LogP contribution in [0.15, 0.2) is 54.6 Å². The third-order valence-corrected chi connectivity index (χ3v) is 7.27. The number of hydrogen-bond donors (Lipinski definition) is 1. The van der Waals surface area contributed by atoms with Gasteiger partial charge in [-0.25, -0.2) is 0 Å². The van der Waals surface area contributed by atoms with Gasteiger partial charge in [0.1, 0.15) is 0 Å². The molecule has 0 atom stereocenters. The Kier molecular flexibility index (Phi) is 4.66. The third kappa shape index (κ3) is 3.33. The van der Waals surface area contributed by atoms with Gasteiger partial charge in [0.15, 0.2) is 11.5 Å². The summed E-state index contributed by atoms with van der Waals surface area (Å²) in [6.07, 6.45) is 2.49. The Morgan fingerprint density at radius 3 is 2.62 bits per heavy atom. The van der Waals surface area contributed by atoms with Crippen LogP contribution in [0.1, 0.15) is 37.9 Å². The third-order valence-electron chi connectivity index (χ3n) is 7.27. The lowest BCUT2D eigenvalue weighted by Gasteiger charge is -2.18. The van der Waals surface area contributed by atoms with Crippen LogP contribution in [0.5, 0.6) is 11.5 Å². The predicted molar refractivity (Wildman–Crippen MR) is 133 cm³/mol. The number of hydrogen-bond acceptors (Lipinski definition) is 4. The lowest BCUT2D eigenvalue weighted by molar-refractivity contribution is -0.118. The van der Waals surface area contributed by atoms with Crippen LogP contribution in [-0.2, 0) is 21.4 Å². The molecular formula is C28H28N2O4. The molecule has 1 aliphatic carbocycles. The van der Waals surface area contributed by atoms with E-state index in [1.54, 1.807) is 6.92 Å². The topological polar surface area (TPSA) is 67.9 Å². The maximum Gasteiger partial charge on any atom is 0.235 e. The van der Waals surface area contributed by atoms with E-state index in [-0.39, 0.29) is 20.0 Å². The summed E-state index contributed by atoms with van der Waals surface area (Å²) in [7, 11) is 0. The zero-order valence-corrected chi connectivity index (χ0v) is 19.3. The summed E-state index contributed by atoms with van der Waals surface area (Å²) in [6, 6.07) is 18.1. The van der Waals surface area contributed by atoms with Gasteiger partial charge in [0.25, 0.3) is 0 Å². The largest absolute Gasteiger partial charge is 0.454 e. The maximum atomic E-state index is 13.4. The average Bonchev–Trinajstić information content (AvgIpc) is 3.32. The molecule has 6 heteroatoms. The van der Waals surface area contributed by atoms with Gasteiger partial charge in [-0.1, -0.05) is 18.2 Å². The number of carbonyl (C=O) groups excluding carboxylic acids is 2. The fraction of sp³-hybridized carbons (Fsp3) is 0.286. The standard InChI is InChI=1S/C28H26N2O4.H2/c1-17-3-6-22(15-23(17)19-4-7-24-20(13-19)9-12-30(24)18(2)31)29-27(32)28(10-11-28)21-5-8-25-26(14-21)34-16-33-25;/h3-8,13-15H,9-12,16H2,1-2H3,(H,29,32);1H. The molecule has 1 fully saturated rings. The zero-order chi connectivity index (χ0) is 23.4. The molecule has 2 aliphatic heterocycles. The lowest BCUT2D eigenvalue weighted by atomic mass is 9.94. The summed E-state index contributed by atoms with van der Waals surface area (Å²) < 4.78 is 10.9. The first-order valence-corrected chi connectivity index (χ1v) is 11.7. The number of benzene rings is 3. The molecular weight excluding hydrogens is 428 g/mol. The Labute approximate surface area is 200 Å². The molecule has 1 N–H and O–H groups in total. The zero-order valence-electron chi connectivity index (χ0n) is 19.3. The van der Waals surface area contributed by atoms with Crippen molar-refractivity contribution in [2.45, 2.75) is 38.5 Å². The average molecular weight is 457 g/mol. The normalized spacial score (nSPS) is 16.8. The number of nitrogens with one attached hydrogen (secondary N) is 1. The van der Waals surface area contributed by atoms with Gasteiger partial charge in [-0.2, -0.15) is 0 Å². The number of anilines is 2. The molecule has 3 aromatic rings. The molecule has 174 valence electrons. The molecule has 6 nitrogen and oxygen atoms in total. The van der Waals surface area contributed by atoms with Crippen molar-refractivity contribution < 1.29 is 20.5 Å². The highest BCUT2D eigenvalue weighted by Gasteiger charge is 2.51. The molecule has 34 heavy (non-hydrogen) atoms. The van der Waals surface area contributed by atoms with E-state index in [4.69, 9.17) is 9.47 Å². The molecule has 0 radical (unpaired) electrons. The van der Waals surface area contributed by atoms with Gasteiger partial charge < -0.3 is 19.7 Å². The number of aryl methyl sites for hydroxylation is 1. The van der Waals surface area contributed by atoms with E-state index in [0.29, 0.717) is 5.75 Å². The second kappa shape index (κ2) is 7.62. The van der Waals surface area contributed by atoms with E-state index in [9.17, 15) is 9.59 Å². The van der Waals surface area contributed by atoms with Crippen molar-refractivity contribution in [3.63, 3.8) is 0 Å². The fourth-order valence-corrected chi connectivity index (χ4v) is 5.12. The van der Waals surface area contributed by atoms with E-state index in [0.717, 1.165) is 65.2 Å². The summed E-state index contributed by atoms with van der Waals surface area (Å²) in [4.78, 5) is 27.1. The first kappa shape index (κ1) is 20.8. The molecule has 2 amide bonds. The van der Waals surface area contributed by atoms with Gasteiger partial charge in [0.2, 0.25) is 18.6 Å². The summed E-state index contributed by atoms with van der Waals surface area (Å²) in [5.74, 6) is 1.51. The number of fused-ring (bicyclic) bond motifs is 2. The van der Waals surface area contributed by atoms with Gasteiger partial charge in [-0.3, -0.25) is 9.59 Å². The van der Waals surface area contributed by atoms with Crippen LogP contribution in [0.4, 0.5) is 11.4 Å². The van der Waals surface area contributed by atoms with Gasteiger partial charge >= 0.3 is 0 Å². The number of ether oxygens (including phenoxy) is 2. The quantitative estimate of drug-likeness (QED) is 0.585. The number of rotatable bonds is 4. The second-order valence-electron chi connectivity index (χ2n) is 9.40. The fourth-order valence-electron chi connectivity index (χ4n) is 5.12. The van der Waals surface area contributed by atoms with Crippen LogP contribution in [0.25, 0.3) is 11.1 Å². The summed E-state index contributed by atoms with van der Waals surface area (Å²) in [5.41, 5.74) is 6.72. The Bertz CT molecular complexity index is 1350. The molecule has 0 aromatic heterocycles. The van der Waals surface area contributed by atoms with E-state index in [1.807, 2.05) is 47.4 Å². The van der Waals surface area contributed by atoms with Crippen LogP contribution in [0.2, 0.25) is 0 Å². The molecule has 6 rings (SSSR count). The van der Waals surface area contributed by atoms with Crippen molar-refractivity contribution in [1.82, 2.24) is 0 Å². The maximum absolute atomic E-state index is 13.4. The predicted octanol–water partition coefficient (Wildman–Crippen LogP) is 5.22. The van der Waals surface area contributed by atoms with Crippen LogP contribution in [0, 0.1) is 6.92 Å². The highest BCUT2D eigenvalue weighted by molar-refractivity contribution is 6.02. The van der Waals surface area contributed by atoms with Gasteiger partial charge in [0, 0.05) is 26.3 Å². The number of amides is 2. The van der Waals surface area contributed by atoms with Crippen molar-refractivity contribution in [3.8, 4) is 22.6 Å². The number of carbonyl (C=O) groups is 2. The van der Waals surface area contributed by atoms with Crippen molar-refractivity contribution in [2.75, 3.05) is 23.6 Å². The van der Waals surface area contributed by atoms with Crippen LogP contribution < -0.4 is 19.7 Å². The van der Waals surface area contributed by atoms with E-state index < -0.39 is 5.41 Å². The minimum atomic E-state index is -0.518. The van der Waals surface area contributed by atoms with E-state index in [1.165, 1.54) is 5.56 Å².